The van der Waals surface area contributed by atoms with Gasteiger partial charge in [0.25, 0.3) is 0 Å². The van der Waals surface area contributed by atoms with Gasteiger partial charge in [0.1, 0.15) is 0 Å². The molecule has 0 aromatic heterocycles. The fourth-order valence-electron chi connectivity index (χ4n) is 2.85. The van der Waals surface area contributed by atoms with Crippen LogP contribution in [-0.2, 0) is 0 Å². The third-order valence-electron chi connectivity index (χ3n) is 3.81. The summed E-state index contributed by atoms with van der Waals surface area (Å²) in [6, 6.07) is 0. The maximum Gasteiger partial charge on any atom is 0.00221 e. The highest BCUT2D eigenvalue weighted by molar-refractivity contribution is 4.81. The summed E-state index contributed by atoms with van der Waals surface area (Å²) in [7, 11) is 0. The third-order valence-corrected chi connectivity index (χ3v) is 3.81. The van der Waals surface area contributed by atoms with Crippen molar-refractivity contribution >= 4 is 0 Å². The van der Waals surface area contributed by atoms with E-state index >= 15 is 0 Å². The summed E-state index contributed by atoms with van der Waals surface area (Å²) in [6.45, 7) is 16.2. The summed E-state index contributed by atoms with van der Waals surface area (Å²) in [4.78, 5) is 2.61. The molecule has 3 atom stereocenters. The first-order chi connectivity index (χ1) is 7.31. The van der Waals surface area contributed by atoms with Crippen LogP contribution in [0.15, 0.2) is 0 Å². The van der Waals surface area contributed by atoms with Crippen LogP contribution < -0.4 is 5.73 Å². The number of hydrogen-bond donors (Lipinski definition) is 1. The van der Waals surface area contributed by atoms with Gasteiger partial charge in [-0.2, -0.15) is 0 Å². The van der Waals surface area contributed by atoms with Gasteiger partial charge in [-0.3, -0.25) is 0 Å². The van der Waals surface area contributed by atoms with E-state index in [1.54, 1.807) is 0 Å². The fraction of sp³-hybridized carbons (Fsp3) is 1.00. The number of nitrogens with two attached hydrogens (primary N) is 1. The minimum absolute atomic E-state index is 0.404. The van der Waals surface area contributed by atoms with Crippen molar-refractivity contribution in [2.75, 3.05) is 26.2 Å². The quantitative estimate of drug-likeness (QED) is 0.798. The molecule has 0 spiro atoms. The summed E-state index contributed by atoms with van der Waals surface area (Å²) in [5, 5.41) is 0. The zero-order chi connectivity index (χ0) is 12.3. The van der Waals surface area contributed by atoms with E-state index in [4.69, 9.17) is 5.73 Å². The Morgan fingerprint density at radius 3 is 2.06 bits per heavy atom. The molecule has 1 rings (SSSR count). The van der Waals surface area contributed by atoms with Gasteiger partial charge in [0.15, 0.2) is 0 Å². The van der Waals surface area contributed by atoms with E-state index in [-0.39, 0.29) is 0 Å². The van der Waals surface area contributed by atoms with Gasteiger partial charge in [-0.05, 0) is 36.1 Å². The third kappa shape index (κ3) is 4.42. The molecule has 0 amide bonds. The van der Waals surface area contributed by atoms with Crippen molar-refractivity contribution in [1.82, 2.24) is 4.90 Å². The molecule has 96 valence electrons. The minimum Gasteiger partial charge on any atom is -0.330 e. The molecule has 1 heterocycles. The van der Waals surface area contributed by atoms with Crippen LogP contribution >= 0.6 is 0 Å². The Bertz CT molecular complexity index is 197. The van der Waals surface area contributed by atoms with E-state index in [1.807, 2.05) is 0 Å². The monoisotopic (exact) mass is 226 g/mol. The van der Waals surface area contributed by atoms with Gasteiger partial charge in [0.2, 0.25) is 0 Å². The normalized spacial score (nSPS) is 29.6. The Morgan fingerprint density at radius 1 is 1.19 bits per heavy atom. The van der Waals surface area contributed by atoms with Crippen molar-refractivity contribution in [3.63, 3.8) is 0 Å². The predicted molar refractivity (Wildman–Crippen MR) is 71.4 cm³/mol. The molecular weight excluding hydrogens is 196 g/mol. The predicted octanol–water partition coefficient (Wildman–Crippen LogP) is 2.59. The van der Waals surface area contributed by atoms with Crippen molar-refractivity contribution in [2.24, 2.45) is 28.9 Å². The molecule has 1 fully saturated rings. The van der Waals surface area contributed by atoms with Gasteiger partial charge in [0, 0.05) is 19.6 Å². The second-order valence-corrected chi connectivity index (χ2v) is 7.04. The largest absolute Gasteiger partial charge is 0.330 e. The standard InChI is InChI=1S/C14H30N2/c1-11-8-16(9-12(11)2)10-13(7-15)6-14(3,4)5/h11-13H,6-10,15H2,1-5H3. The summed E-state index contributed by atoms with van der Waals surface area (Å²) in [6.07, 6.45) is 1.24. The van der Waals surface area contributed by atoms with E-state index in [0.717, 1.165) is 18.4 Å². The van der Waals surface area contributed by atoms with Crippen LogP contribution in [0, 0.1) is 23.2 Å². The smallest absolute Gasteiger partial charge is 0.00221 e. The maximum atomic E-state index is 5.90. The summed E-state index contributed by atoms with van der Waals surface area (Å²) >= 11 is 0. The Hall–Kier alpha value is -0.0800. The second-order valence-electron chi connectivity index (χ2n) is 7.04. The van der Waals surface area contributed by atoms with Crippen molar-refractivity contribution < 1.29 is 0 Å². The zero-order valence-electron chi connectivity index (χ0n) is 11.8. The van der Waals surface area contributed by atoms with Crippen LogP contribution in [0.1, 0.15) is 41.0 Å². The molecule has 1 saturated heterocycles. The number of rotatable bonds is 4. The Kier molecular flexibility index (Phi) is 4.81. The Balaban J connectivity index is 2.40. The van der Waals surface area contributed by atoms with Gasteiger partial charge in [0.05, 0.1) is 0 Å². The van der Waals surface area contributed by atoms with E-state index in [2.05, 4.69) is 39.5 Å². The van der Waals surface area contributed by atoms with Crippen LogP contribution in [0.5, 0.6) is 0 Å². The highest BCUT2D eigenvalue weighted by Gasteiger charge is 2.28. The van der Waals surface area contributed by atoms with Crippen LogP contribution in [0.4, 0.5) is 0 Å². The SMILES string of the molecule is CC1CN(CC(CN)CC(C)(C)C)CC1C. The van der Waals surface area contributed by atoms with Crippen LogP contribution in [-0.4, -0.2) is 31.1 Å². The number of hydrogen-bond acceptors (Lipinski definition) is 2. The first-order valence-corrected chi connectivity index (χ1v) is 6.74. The molecular formula is C14H30N2. The molecule has 2 N–H and O–H groups in total. The Morgan fingerprint density at radius 2 is 1.69 bits per heavy atom. The highest BCUT2D eigenvalue weighted by atomic mass is 15.2. The lowest BCUT2D eigenvalue weighted by Gasteiger charge is -2.28. The van der Waals surface area contributed by atoms with E-state index in [1.165, 1.54) is 26.1 Å². The summed E-state index contributed by atoms with van der Waals surface area (Å²) in [5.41, 5.74) is 6.30. The molecule has 0 aliphatic carbocycles. The average Bonchev–Trinajstić information content (AvgIpc) is 2.42. The number of nitrogens with zero attached hydrogens (tertiary/aromatic N) is 1. The van der Waals surface area contributed by atoms with E-state index in [9.17, 15) is 0 Å². The first kappa shape index (κ1) is 14.0. The molecule has 0 bridgehead atoms. The highest BCUT2D eigenvalue weighted by Crippen LogP contribution is 2.27. The molecule has 1 aliphatic heterocycles. The van der Waals surface area contributed by atoms with E-state index < -0.39 is 0 Å². The molecule has 0 aromatic carbocycles. The maximum absolute atomic E-state index is 5.90. The van der Waals surface area contributed by atoms with Crippen molar-refractivity contribution in [1.29, 1.82) is 0 Å². The van der Waals surface area contributed by atoms with Gasteiger partial charge in [-0.15, -0.1) is 0 Å². The van der Waals surface area contributed by atoms with E-state index in [0.29, 0.717) is 11.3 Å². The molecule has 0 saturated carbocycles. The van der Waals surface area contributed by atoms with Crippen molar-refractivity contribution in [3.05, 3.63) is 0 Å². The molecule has 1 aliphatic rings. The van der Waals surface area contributed by atoms with Crippen molar-refractivity contribution in [3.8, 4) is 0 Å². The number of likely N-dealkylation sites (tertiary alicyclic amines) is 1. The first-order valence-electron chi connectivity index (χ1n) is 6.74. The molecule has 0 aromatic rings. The van der Waals surface area contributed by atoms with Crippen LogP contribution in [0.3, 0.4) is 0 Å². The minimum atomic E-state index is 0.404. The molecule has 16 heavy (non-hydrogen) atoms. The lowest BCUT2D eigenvalue weighted by atomic mass is 9.84. The molecule has 2 nitrogen and oxygen atoms in total. The van der Waals surface area contributed by atoms with Crippen molar-refractivity contribution in [2.45, 2.75) is 41.0 Å². The fourth-order valence-corrected chi connectivity index (χ4v) is 2.85. The average molecular weight is 226 g/mol. The zero-order valence-corrected chi connectivity index (χ0v) is 11.8. The summed E-state index contributed by atoms with van der Waals surface area (Å²) < 4.78 is 0. The van der Waals surface area contributed by atoms with Gasteiger partial charge in [-0.25, -0.2) is 0 Å². The van der Waals surface area contributed by atoms with Gasteiger partial charge >= 0.3 is 0 Å². The molecule has 2 heteroatoms. The molecule has 3 unspecified atom stereocenters. The lowest BCUT2D eigenvalue weighted by molar-refractivity contribution is 0.215. The molecule has 0 radical (unpaired) electrons. The summed E-state index contributed by atoms with van der Waals surface area (Å²) in [5.74, 6) is 2.37. The lowest BCUT2D eigenvalue weighted by Crippen LogP contribution is -2.33. The van der Waals surface area contributed by atoms with Gasteiger partial charge < -0.3 is 10.6 Å². The second kappa shape index (κ2) is 5.50. The van der Waals surface area contributed by atoms with Crippen LogP contribution in [0.2, 0.25) is 0 Å². The van der Waals surface area contributed by atoms with Gasteiger partial charge in [-0.1, -0.05) is 34.6 Å². The van der Waals surface area contributed by atoms with Crippen LogP contribution in [0.25, 0.3) is 0 Å². The topological polar surface area (TPSA) is 29.3 Å². The Labute approximate surface area is 102 Å².